The van der Waals surface area contributed by atoms with Crippen molar-refractivity contribution in [2.45, 2.75) is 23.8 Å². The minimum absolute atomic E-state index is 0.0356. The molecule has 1 aromatic carbocycles. The van der Waals surface area contributed by atoms with Gasteiger partial charge in [-0.2, -0.15) is 0 Å². The molecule has 0 aromatic heterocycles. The van der Waals surface area contributed by atoms with Crippen molar-refractivity contribution in [2.24, 2.45) is 5.73 Å². The van der Waals surface area contributed by atoms with Gasteiger partial charge in [0, 0.05) is 36.6 Å². The normalized spacial score (nSPS) is 19.0. The van der Waals surface area contributed by atoms with Crippen LogP contribution in [0.2, 0.25) is 0 Å². The first-order valence-electron chi connectivity index (χ1n) is 6.67. The van der Waals surface area contributed by atoms with Crippen LogP contribution in [0.4, 0.5) is 0 Å². The van der Waals surface area contributed by atoms with Gasteiger partial charge in [-0.15, -0.1) is 0 Å². The Bertz CT molecular complexity index is 604. The SMILES string of the molecule is N[C@@H]1CCN(C(=O)CCNS(=O)(=O)c2ccc(Br)cc2)C1. The van der Waals surface area contributed by atoms with Crippen molar-refractivity contribution in [3.05, 3.63) is 28.7 Å². The van der Waals surface area contributed by atoms with Crippen LogP contribution in [0.25, 0.3) is 0 Å². The van der Waals surface area contributed by atoms with Crippen molar-refractivity contribution in [1.82, 2.24) is 9.62 Å². The molecule has 116 valence electrons. The largest absolute Gasteiger partial charge is 0.341 e. The highest BCUT2D eigenvalue weighted by Crippen LogP contribution is 2.14. The predicted molar refractivity (Wildman–Crippen MR) is 83.1 cm³/mol. The summed E-state index contributed by atoms with van der Waals surface area (Å²) < 4.78 is 27.3. The molecule has 6 nitrogen and oxygen atoms in total. The maximum absolute atomic E-state index is 12.0. The van der Waals surface area contributed by atoms with E-state index in [2.05, 4.69) is 20.7 Å². The average Bonchev–Trinajstić information content (AvgIpc) is 2.86. The zero-order chi connectivity index (χ0) is 15.5. The Morgan fingerprint density at radius 1 is 1.38 bits per heavy atom. The van der Waals surface area contributed by atoms with Crippen LogP contribution < -0.4 is 10.5 Å². The fourth-order valence-electron chi connectivity index (χ4n) is 2.16. The maximum Gasteiger partial charge on any atom is 0.240 e. The third-order valence-corrected chi connectivity index (χ3v) is 5.34. The molecule has 0 spiro atoms. The minimum Gasteiger partial charge on any atom is -0.341 e. The van der Waals surface area contributed by atoms with Crippen LogP contribution in [0.3, 0.4) is 0 Å². The quantitative estimate of drug-likeness (QED) is 0.791. The maximum atomic E-state index is 12.0. The summed E-state index contributed by atoms with van der Waals surface area (Å²) in [6.07, 6.45) is 0.943. The number of hydrogen-bond acceptors (Lipinski definition) is 4. The fourth-order valence-corrected chi connectivity index (χ4v) is 3.46. The first-order chi connectivity index (χ1) is 9.88. The minimum atomic E-state index is -3.57. The average molecular weight is 376 g/mol. The molecule has 1 amide bonds. The standard InChI is InChI=1S/C13H18BrN3O3S/c14-10-1-3-12(4-2-10)21(19,20)16-7-5-13(18)17-8-6-11(15)9-17/h1-4,11,16H,5-9,15H2/t11-/m1/s1. The molecule has 1 aliphatic rings. The highest BCUT2D eigenvalue weighted by molar-refractivity contribution is 9.10. The third-order valence-electron chi connectivity index (χ3n) is 3.33. The van der Waals surface area contributed by atoms with Gasteiger partial charge in [-0.25, -0.2) is 13.1 Å². The van der Waals surface area contributed by atoms with Gasteiger partial charge in [-0.05, 0) is 30.7 Å². The van der Waals surface area contributed by atoms with Crippen LogP contribution in [0.15, 0.2) is 33.6 Å². The van der Waals surface area contributed by atoms with E-state index in [0.29, 0.717) is 13.1 Å². The third kappa shape index (κ3) is 4.50. The van der Waals surface area contributed by atoms with E-state index in [1.807, 2.05) is 0 Å². The molecule has 0 saturated carbocycles. The zero-order valence-corrected chi connectivity index (χ0v) is 13.9. The molecule has 3 N–H and O–H groups in total. The lowest BCUT2D eigenvalue weighted by Crippen LogP contribution is -2.34. The Morgan fingerprint density at radius 2 is 2.05 bits per heavy atom. The van der Waals surface area contributed by atoms with Gasteiger partial charge in [-0.1, -0.05) is 15.9 Å². The molecule has 1 saturated heterocycles. The molecule has 1 aromatic rings. The highest BCUT2D eigenvalue weighted by atomic mass is 79.9. The summed E-state index contributed by atoms with van der Waals surface area (Å²) in [7, 11) is -3.57. The first-order valence-corrected chi connectivity index (χ1v) is 8.95. The molecule has 0 radical (unpaired) electrons. The van der Waals surface area contributed by atoms with Crippen LogP contribution in [0, 0.1) is 0 Å². The second kappa shape index (κ2) is 6.87. The molecule has 0 aliphatic carbocycles. The number of nitrogens with two attached hydrogens (primary N) is 1. The van der Waals surface area contributed by atoms with E-state index in [9.17, 15) is 13.2 Å². The lowest BCUT2D eigenvalue weighted by atomic mass is 10.3. The number of halogens is 1. The molecular weight excluding hydrogens is 358 g/mol. The summed E-state index contributed by atoms with van der Waals surface area (Å²) in [5.41, 5.74) is 5.74. The number of carbonyl (C=O) groups is 1. The van der Waals surface area contributed by atoms with Crippen LogP contribution in [0.1, 0.15) is 12.8 Å². The summed E-state index contributed by atoms with van der Waals surface area (Å²) in [5.74, 6) is -0.0681. The van der Waals surface area contributed by atoms with Gasteiger partial charge in [0.15, 0.2) is 0 Å². The number of sulfonamides is 1. The lowest BCUT2D eigenvalue weighted by Gasteiger charge is -2.15. The second-order valence-corrected chi connectivity index (χ2v) is 7.67. The molecule has 1 fully saturated rings. The first kappa shape index (κ1) is 16.4. The van der Waals surface area contributed by atoms with E-state index in [0.717, 1.165) is 10.9 Å². The van der Waals surface area contributed by atoms with Crippen LogP contribution in [0.5, 0.6) is 0 Å². The predicted octanol–water partition coefficient (Wildman–Crippen LogP) is 0.677. The van der Waals surface area contributed by atoms with Crippen molar-refractivity contribution in [1.29, 1.82) is 0 Å². The van der Waals surface area contributed by atoms with Crippen LogP contribution in [-0.2, 0) is 14.8 Å². The number of benzene rings is 1. The smallest absolute Gasteiger partial charge is 0.240 e. The topological polar surface area (TPSA) is 92.5 Å². The van der Waals surface area contributed by atoms with Crippen molar-refractivity contribution < 1.29 is 13.2 Å². The van der Waals surface area contributed by atoms with Gasteiger partial charge >= 0.3 is 0 Å². The number of carbonyl (C=O) groups excluding carboxylic acids is 1. The van der Waals surface area contributed by atoms with Gasteiger partial charge in [0.25, 0.3) is 0 Å². The number of nitrogens with one attached hydrogen (secondary N) is 1. The van der Waals surface area contributed by atoms with Gasteiger partial charge in [-0.3, -0.25) is 4.79 Å². The summed E-state index contributed by atoms with van der Waals surface area (Å²) in [5, 5.41) is 0. The summed E-state index contributed by atoms with van der Waals surface area (Å²) in [6, 6.07) is 6.37. The van der Waals surface area contributed by atoms with Gasteiger partial charge in [0.05, 0.1) is 4.90 Å². The van der Waals surface area contributed by atoms with Crippen LogP contribution in [-0.4, -0.2) is 44.9 Å². The monoisotopic (exact) mass is 375 g/mol. The molecule has 21 heavy (non-hydrogen) atoms. The Hall–Kier alpha value is -0.960. The van der Waals surface area contributed by atoms with Gasteiger partial charge in [0.2, 0.25) is 15.9 Å². The number of likely N-dealkylation sites (tertiary alicyclic amines) is 1. The van der Waals surface area contributed by atoms with Crippen molar-refractivity contribution in [3.63, 3.8) is 0 Å². The van der Waals surface area contributed by atoms with Crippen molar-refractivity contribution in [3.8, 4) is 0 Å². The van der Waals surface area contributed by atoms with E-state index in [1.165, 1.54) is 12.1 Å². The Balaban J connectivity index is 1.85. The molecular formula is C13H18BrN3O3S. The van der Waals surface area contributed by atoms with Crippen LogP contribution >= 0.6 is 15.9 Å². The molecule has 2 rings (SSSR count). The summed E-state index contributed by atoms with van der Waals surface area (Å²) >= 11 is 3.25. The molecule has 1 atom stereocenters. The lowest BCUT2D eigenvalue weighted by molar-refractivity contribution is -0.129. The van der Waals surface area contributed by atoms with Crippen molar-refractivity contribution >= 4 is 31.9 Å². The van der Waals surface area contributed by atoms with E-state index in [1.54, 1.807) is 17.0 Å². The van der Waals surface area contributed by atoms with E-state index < -0.39 is 10.0 Å². The van der Waals surface area contributed by atoms with E-state index >= 15 is 0 Å². The number of amides is 1. The van der Waals surface area contributed by atoms with E-state index in [4.69, 9.17) is 5.73 Å². The van der Waals surface area contributed by atoms with Crippen molar-refractivity contribution in [2.75, 3.05) is 19.6 Å². The zero-order valence-electron chi connectivity index (χ0n) is 11.5. The molecule has 0 unspecified atom stereocenters. The van der Waals surface area contributed by atoms with Gasteiger partial charge < -0.3 is 10.6 Å². The number of nitrogens with zero attached hydrogens (tertiary/aromatic N) is 1. The molecule has 1 aliphatic heterocycles. The summed E-state index contributed by atoms with van der Waals surface area (Å²) in [6.45, 7) is 1.29. The Morgan fingerprint density at radius 3 is 2.62 bits per heavy atom. The highest BCUT2D eigenvalue weighted by Gasteiger charge is 2.23. The molecule has 8 heteroatoms. The molecule has 1 heterocycles. The second-order valence-electron chi connectivity index (χ2n) is 4.99. The molecule has 0 bridgehead atoms. The summed E-state index contributed by atoms with van der Waals surface area (Å²) in [4.78, 5) is 13.7. The fraction of sp³-hybridized carbons (Fsp3) is 0.462. The number of rotatable bonds is 5. The number of hydrogen-bond donors (Lipinski definition) is 2. The van der Waals surface area contributed by atoms with Gasteiger partial charge in [0.1, 0.15) is 0 Å². The Kier molecular flexibility index (Phi) is 5.37. The van der Waals surface area contributed by atoms with E-state index in [-0.39, 0.29) is 29.8 Å². The Labute approximate surface area is 132 Å².